The molecule has 0 heterocycles. The van der Waals surface area contributed by atoms with Crippen molar-refractivity contribution in [3.63, 3.8) is 0 Å². The molecule has 0 aromatic heterocycles. The van der Waals surface area contributed by atoms with Crippen molar-refractivity contribution >= 4 is 5.97 Å². The van der Waals surface area contributed by atoms with Gasteiger partial charge in [-0.15, -0.1) is 0 Å². The molecule has 0 fully saturated rings. The number of carbonyl (C=O) groups is 1. The fourth-order valence-electron chi connectivity index (χ4n) is 0.376. The predicted octanol–water partition coefficient (Wildman–Crippen LogP) is 2.91. The average Bonchev–Trinajstić information content (AvgIpc) is 2.39. The van der Waals surface area contributed by atoms with E-state index in [9.17, 15) is 4.79 Å². The van der Waals surface area contributed by atoms with Crippen LogP contribution in [0.25, 0.3) is 0 Å². The Morgan fingerprint density at radius 3 is 1.88 bits per heavy atom. The third kappa shape index (κ3) is 41.8. The first kappa shape index (κ1) is 20.1. The smallest absolute Gasteiger partial charge is 0.330 e. The maximum Gasteiger partial charge on any atom is 0.330 e. The highest BCUT2D eigenvalue weighted by atomic mass is 16.5. The van der Waals surface area contributed by atoms with E-state index in [2.05, 4.69) is 24.5 Å². The second-order valence-corrected chi connectivity index (χ2v) is 2.39. The summed E-state index contributed by atoms with van der Waals surface area (Å²) in [6, 6.07) is 3.39. The lowest BCUT2D eigenvalue weighted by Gasteiger charge is -1.97. The number of nitrogens with zero attached hydrogens (tertiary/aromatic N) is 2. The largest absolute Gasteiger partial charge is 0.463 e. The molecule has 0 rings (SSSR count). The van der Waals surface area contributed by atoms with Gasteiger partial charge in [-0.25, -0.2) is 4.79 Å². The second-order valence-electron chi connectivity index (χ2n) is 2.39. The lowest BCUT2D eigenvalue weighted by molar-refractivity contribution is -0.137. The van der Waals surface area contributed by atoms with Crippen LogP contribution < -0.4 is 0 Å². The van der Waals surface area contributed by atoms with Gasteiger partial charge in [0.15, 0.2) is 0 Å². The van der Waals surface area contributed by atoms with Crippen molar-refractivity contribution in [3.8, 4) is 12.1 Å². The van der Waals surface area contributed by atoms with E-state index in [0.29, 0.717) is 6.61 Å². The van der Waals surface area contributed by atoms with Crippen LogP contribution in [0, 0.1) is 22.7 Å². The van der Waals surface area contributed by atoms with Crippen LogP contribution >= 0.6 is 0 Å². The standard InChI is InChI=1S/C7H12O2.2C3H3N/c1-3-5-6-9-7(8)4-2;2*1-2-3-4/h4H,2-3,5-6H2,1H3;2*2H,1H2. The molecule has 0 spiro atoms. The summed E-state index contributed by atoms with van der Waals surface area (Å²) >= 11 is 0. The summed E-state index contributed by atoms with van der Waals surface area (Å²) in [6.07, 6.45) is 5.51. The fourth-order valence-corrected chi connectivity index (χ4v) is 0.376. The zero-order valence-corrected chi connectivity index (χ0v) is 10.2. The molecular weight excluding hydrogens is 216 g/mol. The lowest BCUT2D eigenvalue weighted by Crippen LogP contribution is -2.00. The molecule has 0 aliphatic carbocycles. The molecule has 0 aromatic carbocycles. The number of hydrogen-bond donors (Lipinski definition) is 0. The molecule has 4 heteroatoms. The summed E-state index contributed by atoms with van der Waals surface area (Å²) in [5, 5.41) is 15.0. The second kappa shape index (κ2) is 23.5. The van der Waals surface area contributed by atoms with Crippen molar-refractivity contribution in [1.29, 1.82) is 10.5 Å². The summed E-state index contributed by atoms with van der Waals surface area (Å²) < 4.78 is 4.67. The highest BCUT2D eigenvalue weighted by Crippen LogP contribution is 1.88. The molecule has 92 valence electrons. The molecule has 0 amide bonds. The van der Waals surface area contributed by atoms with E-state index in [-0.39, 0.29) is 5.97 Å². The normalized spacial score (nSPS) is 6.29. The van der Waals surface area contributed by atoms with Crippen LogP contribution in [0.2, 0.25) is 0 Å². The van der Waals surface area contributed by atoms with Gasteiger partial charge in [-0.3, -0.25) is 0 Å². The Morgan fingerprint density at radius 2 is 1.65 bits per heavy atom. The Labute approximate surface area is 103 Å². The number of hydrogen-bond acceptors (Lipinski definition) is 4. The Balaban J connectivity index is -0.000000205. The Hall–Kier alpha value is -2.33. The number of allylic oxidation sites excluding steroid dienone is 2. The minimum Gasteiger partial charge on any atom is -0.463 e. The van der Waals surface area contributed by atoms with Gasteiger partial charge in [0.25, 0.3) is 0 Å². The maximum atomic E-state index is 10.3. The van der Waals surface area contributed by atoms with Gasteiger partial charge < -0.3 is 4.74 Å². The van der Waals surface area contributed by atoms with Crippen LogP contribution in [-0.4, -0.2) is 12.6 Å². The van der Waals surface area contributed by atoms with E-state index in [1.54, 1.807) is 12.1 Å². The van der Waals surface area contributed by atoms with Crippen molar-refractivity contribution in [3.05, 3.63) is 38.0 Å². The first-order valence-corrected chi connectivity index (χ1v) is 4.94. The van der Waals surface area contributed by atoms with Gasteiger partial charge in [0.05, 0.1) is 18.7 Å². The van der Waals surface area contributed by atoms with Crippen LogP contribution in [0.4, 0.5) is 0 Å². The van der Waals surface area contributed by atoms with Gasteiger partial charge in [-0.1, -0.05) is 33.1 Å². The van der Waals surface area contributed by atoms with Gasteiger partial charge in [-0.05, 0) is 6.42 Å². The molecule has 0 aromatic rings. The highest BCUT2D eigenvalue weighted by Gasteiger charge is 1.91. The van der Waals surface area contributed by atoms with Crippen LogP contribution in [-0.2, 0) is 9.53 Å². The molecule has 0 aliphatic heterocycles. The SMILES string of the molecule is C=CC#N.C=CC#N.C=CC(=O)OCCCC. The predicted molar refractivity (Wildman–Crippen MR) is 67.7 cm³/mol. The quantitative estimate of drug-likeness (QED) is 0.324. The number of unbranched alkanes of at least 4 members (excludes halogenated alkanes) is 1. The number of rotatable bonds is 4. The Morgan fingerprint density at radius 1 is 1.24 bits per heavy atom. The van der Waals surface area contributed by atoms with E-state index >= 15 is 0 Å². The summed E-state index contributed by atoms with van der Waals surface area (Å²) in [6.45, 7) is 12.1. The molecule has 0 bridgehead atoms. The molecule has 0 saturated carbocycles. The average molecular weight is 234 g/mol. The van der Waals surface area contributed by atoms with Crippen molar-refractivity contribution < 1.29 is 9.53 Å². The van der Waals surface area contributed by atoms with Gasteiger partial charge in [0.2, 0.25) is 0 Å². The minimum atomic E-state index is -0.330. The molecule has 4 nitrogen and oxygen atoms in total. The van der Waals surface area contributed by atoms with E-state index in [0.717, 1.165) is 12.8 Å². The molecule has 0 aliphatic rings. The van der Waals surface area contributed by atoms with Crippen molar-refractivity contribution in [2.75, 3.05) is 6.61 Å². The van der Waals surface area contributed by atoms with Gasteiger partial charge >= 0.3 is 5.97 Å². The summed E-state index contributed by atoms with van der Waals surface area (Å²) in [5.41, 5.74) is 0. The third-order valence-electron chi connectivity index (χ3n) is 1.09. The summed E-state index contributed by atoms with van der Waals surface area (Å²) in [5.74, 6) is -0.330. The Bertz CT molecular complexity index is 278. The van der Waals surface area contributed by atoms with Gasteiger partial charge in [0.1, 0.15) is 0 Å². The molecule has 0 unspecified atom stereocenters. The van der Waals surface area contributed by atoms with E-state index in [4.69, 9.17) is 10.5 Å². The fraction of sp³-hybridized carbons (Fsp3) is 0.308. The third-order valence-corrected chi connectivity index (χ3v) is 1.09. The van der Waals surface area contributed by atoms with Crippen LogP contribution in [0.5, 0.6) is 0 Å². The molecule has 0 atom stereocenters. The molecule has 0 radical (unpaired) electrons. The first-order chi connectivity index (χ1) is 8.14. The zero-order chi connectivity index (χ0) is 13.9. The lowest BCUT2D eigenvalue weighted by atomic mass is 10.4. The molecular formula is C13H18N2O2. The monoisotopic (exact) mass is 234 g/mol. The number of ether oxygens (including phenoxy) is 1. The van der Waals surface area contributed by atoms with Crippen LogP contribution in [0.3, 0.4) is 0 Å². The highest BCUT2D eigenvalue weighted by molar-refractivity contribution is 5.81. The van der Waals surface area contributed by atoms with Gasteiger partial charge in [0, 0.05) is 18.2 Å². The summed E-state index contributed by atoms with van der Waals surface area (Å²) in [7, 11) is 0. The zero-order valence-electron chi connectivity index (χ0n) is 10.2. The van der Waals surface area contributed by atoms with Crippen LogP contribution in [0.15, 0.2) is 38.0 Å². The first-order valence-electron chi connectivity index (χ1n) is 4.94. The van der Waals surface area contributed by atoms with Crippen molar-refractivity contribution in [2.45, 2.75) is 19.8 Å². The molecule has 0 saturated heterocycles. The topological polar surface area (TPSA) is 73.9 Å². The number of nitriles is 2. The summed E-state index contributed by atoms with van der Waals surface area (Å²) in [4.78, 5) is 10.3. The van der Waals surface area contributed by atoms with Gasteiger partial charge in [-0.2, -0.15) is 10.5 Å². The van der Waals surface area contributed by atoms with E-state index < -0.39 is 0 Å². The molecule has 17 heavy (non-hydrogen) atoms. The van der Waals surface area contributed by atoms with E-state index in [1.807, 2.05) is 6.92 Å². The Kier molecular flexibility index (Phi) is 27.8. The number of esters is 1. The molecule has 0 N–H and O–H groups in total. The maximum absolute atomic E-state index is 10.3. The van der Waals surface area contributed by atoms with Crippen molar-refractivity contribution in [2.24, 2.45) is 0 Å². The van der Waals surface area contributed by atoms with Crippen molar-refractivity contribution in [1.82, 2.24) is 0 Å². The number of carbonyl (C=O) groups excluding carboxylic acids is 1. The minimum absolute atomic E-state index is 0.330. The van der Waals surface area contributed by atoms with E-state index in [1.165, 1.54) is 18.2 Å². The van der Waals surface area contributed by atoms with Crippen LogP contribution in [0.1, 0.15) is 19.8 Å².